The first kappa shape index (κ1) is 16.4. The molecule has 0 aliphatic heterocycles. The summed E-state index contributed by atoms with van der Waals surface area (Å²) >= 11 is 0. The summed E-state index contributed by atoms with van der Waals surface area (Å²) in [5.74, 6) is -1.97. The zero-order chi connectivity index (χ0) is 15.8. The van der Waals surface area contributed by atoms with Crippen molar-refractivity contribution in [2.24, 2.45) is 5.92 Å². The van der Waals surface area contributed by atoms with Gasteiger partial charge in [-0.3, -0.25) is 9.59 Å². The SMILES string of the molecule is CNC(=O)[C@H](C#N)C(=O)c1cccc(OCC=C(C)C)c1. The number of Topliss-reactive ketones (excluding diaryl/α,β-unsaturated/α-hetero) is 1. The summed E-state index contributed by atoms with van der Waals surface area (Å²) in [7, 11) is 1.39. The Morgan fingerprint density at radius 2 is 2.14 bits per heavy atom. The minimum atomic E-state index is -1.34. The molecule has 0 aliphatic carbocycles. The number of benzene rings is 1. The van der Waals surface area contributed by atoms with Gasteiger partial charge in [-0.15, -0.1) is 0 Å². The maximum Gasteiger partial charge on any atom is 0.245 e. The van der Waals surface area contributed by atoms with Crippen molar-refractivity contribution in [1.82, 2.24) is 5.32 Å². The van der Waals surface area contributed by atoms with Crippen molar-refractivity contribution >= 4 is 11.7 Å². The van der Waals surface area contributed by atoms with Gasteiger partial charge in [0.25, 0.3) is 0 Å². The molecular weight excluding hydrogens is 268 g/mol. The van der Waals surface area contributed by atoms with Gasteiger partial charge < -0.3 is 10.1 Å². The number of carbonyl (C=O) groups excluding carboxylic acids is 2. The van der Waals surface area contributed by atoms with Crippen molar-refractivity contribution < 1.29 is 14.3 Å². The van der Waals surface area contributed by atoms with Crippen LogP contribution in [0.2, 0.25) is 0 Å². The fraction of sp³-hybridized carbons (Fsp3) is 0.312. The Hall–Kier alpha value is -2.61. The van der Waals surface area contributed by atoms with E-state index in [1.807, 2.05) is 19.9 Å². The van der Waals surface area contributed by atoms with E-state index in [2.05, 4.69) is 5.32 Å². The fourth-order valence-electron chi connectivity index (χ4n) is 1.59. The number of allylic oxidation sites excluding steroid dienone is 1. The second-order valence-corrected chi connectivity index (χ2v) is 4.66. The molecule has 0 unspecified atom stereocenters. The number of ketones is 1. The molecular formula is C16H18N2O3. The van der Waals surface area contributed by atoms with Crippen LogP contribution in [0.5, 0.6) is 5.75 Å². The molecule has 0 aromatic heterocycles. The summed E-state index contributed by atoms with van der Waals surface area (Å²) < 4.78 is 5.50. The van der Waals surface area contributed by atoms with E-state index in [0.717, 1.165) is 5.57 Å². The minimum Gasteiger partial charge on any atom is -0.490 e. The first-order valence-corrected chi connectivity index (χ1v) is 6.51. The average molecular weight is 286 g/mol. The summed E-state index contributed by atoms with van der Waals surface area (Å²) in [5, 5.41) is 11.3. The number of nitrogens with zero attached hydrogens (tertiary/aromatic N) is 1. The highest BCUT2D eigenvalue weighted by Crippen LogP contribution is 2.17. The van der Waals surface area contributed by atoms with Crippen LogP contribution in [0.3, 0.4) is 0 Å². The molecule has 110 valence electrons. The third kappa shape index (κ3) is 4.77. The quantitative estimate of drug-likeness (QED) is 0.493. The van der Waals surface area contributed by atoms with E-state index in [4.69, 9.17) is 10.00 Å². The molecule has 0 radical (unpaired) electrons. The van der Waals surface area contributed by atoms with Crippen LogP contribution in [0.1, 0.15) is 24.2 Å². The molecule has 5 heteroatoms. The lowest BCUT2D eigenvalue weighted by Gasteiger charge is -2.09. The second kappa shape index (κ2) is 7.85. The molecule has 0 bridgehead atoms. The molecule has 1 aromatic rings. The van der Waals surface area contributed by atoms with Crippen LogP contribution < -0.4 is 10.1 Å². The van der Waals surface area contributed by atoms with E-state index in [0.29, 0.717) is 12.4 Å². The van der Waals surface area contributed by atoms with Crippen LogP contribution in [-0.4, -0.2) is 25.3 Å². The Balaban J connectivity index is 2.89. The molecule has 5 nitrogen and oxygen atoms in total. The monoisotopic (exact) mass is 286 g/mol. The van der Waals surface area contributed by atoms with Crippen molar-refractivity contribution in [2.45, 2.75) is 13.8 Å². The Morgan fingerprint density at radius 3 is 2.71 bits per heavy atom. The third-order valence-corrected chi connectivity index (χ3v) is 2.76. The highest BCUT2D eigenvalue weighted by molar-refractivity contribution is 6.12. The number of rotatable bonds is 6. The van der Waals surface area contributed by atoms with Gasteiger partial charge in [0, 0.05) is 12.6 Å². The summed E-state index contributed by atoms with van der Waals surface area (Å²) in [6, 6.07) is 8.19. The molecule has 1 amide bonds. The molecule has 1 aromatic carbocycles. The number of amides is 1. The maximum absolute atomic E-state index is 12.2. The lowest BCUT2D eigenvalue weighted by Crippen LogP contribution is -2.32. The zero-order valence-electron chi connectivity index (χ0n) is 12.3. The smallest absolute Gasteiger partial charge is 0.245 e. The standard InChI is InChI=1S/C16H18N2O3/c1-11(2)7-8-21-13-6-4-5-12(9-13)15(19)14(10-17)16(20)18-3/h4-7,9,14H,8H2,1-3H3,(H,18,20)/t14-/m1/s1. The van der Waals surface area contributed by atoms with Crippen LogP contribution >= 0.6 is 0 Å². The lowest BCUT2D eigenvalue weighted by atomic mass is 9.98. The molecule has 1 atom stereocenters. The number of ether oxygens (including phenoxy) is 1. The Bertz CT molecular complexity index is 596. The van der Waals surface area contributed by atoms with E-state index in [1.165, 1.54) is 13.1 Å². The van der Waals surface area contributed by atoms with Gasteiger partial charge in [0.2, 0.25) is 5.91 Å². The first-order chi connectivity index (χ1) is 9.99. The van der Waals surface area contributed by atoms with Crippen molar-refractivity contribution in [3.05, 3.63) is 41.5 Å². The van der Waals surface area contributed by atoms with E-state index < -0.39 is 17.6 Å². The fourth-order valence-corrected chi connectivity index (χ4v) is 1.59. The van der Waals surface area contributed by atoms with Gasteiger partial charge >= 0.3 is 0 Å². The molecule has 0 heterocycles. The van der Waals surface area contributed by atoms with Crippen LogP contribution in [0, 0.1) is 17.2 Å². The normalized spacial score (nSPS) is 11.0. The summed E-state index contributed by atoms with van der Waals surface area (Å²) in [6.45, 7) is 4.32. The first-order valence-electron chi connectivity index (χ1n) is 6.51. The minimum absolute atomic E-state index is 0.278. The highest BCUT2D eigenvalue weighted by atomic mass is 16.5. The van der Waals surface area contributed by atoms with E-state index in [9.17, 15) is 9.59 Å². The van der Waals surface area contributed by atoms with Gasteiger partial charge in [-0.25, -0.2) is 0 Å². The predicted molar refractivity (Wildman–Crippen MR) is 78.9 cm³/mol. The van der Waals surface area contributed by atoms with Crippen LogP contribution in [0.15, 0.2) is 35.9 Å². The number of nitrogens with one attached hydrogen (secondary N) is 1. The Labute approximate surface area is 124 Å². The van der Waals surface area contributed by atoms with Crippen LogP contribution in [-0.2, 0) is 4.79 Å². The Morgan fingerprint density at radius 1 is 1.43 bits per heavy atom. The van der Waals surface area contributed by atoms with Gasteiger partial charge in [0.15, 0.2) is 11.7 Å². The summed E-state index contributed by atoms with van der Waals surface area (Å²) in [5.41, 5.74) is 1.41. The number of carbonyl (C=O) groups is 2. The summed E-state index contributed by atoms with van der Waals surface area (Å²) in [6.07, 6.45) is 1.91. The van der Waals surface area contributed by atoms with Gasteiger partial charge in [-0.2, -0.15) is 5.26 Å². The second-order valence-electron chi connectivity index (χ2n) is 4.66. The van der Waals surface area contributed by atoms with Crippen molar-refractivity contribution in [3.63, 3.8) is 0 Å². The van der Waals surface area contributed by atoms with Crippen molar-refractivity contribution in [1.29, 1.82) is 5.26 Å². The van der Waals surface area contributed by atoms with Crippen LogP contribution in [0.4, 0.5) is 0 Å². The van der Waals surface area contributed by atoms with Gasteiger partial charge in [-0.1, -0.05) is 17.7 Å². The summed E-state index contributed by atoms with van der Waals surface area (Å²) in [4.78, 5) is 23.7. The van der Waals surface area contributed by atoms with Crippen molar-refractivity contribution in [3.8, 4) is 11.8 Å². The molecule has 21 heavy (non-hydrogen) atoms. The maximum atomic E-state index is 12.2. The molecule has 0 fully saturated rings. The molecule has 1 N–H and O–H groups in total. The van der Waals surface area contributed by atoms with E-state index in [-0.39, 0.29) is 5.56 Å². The van der Waals surface area contributed by atoms with E-state index >= 15 is 0 Å². The number of nitriles is 1. The third-order valence-electron chi connectivity index (χ3n) is 2.76. The largest absolute Gasteiger partial charge is 0.490 e. The molecule has 0 spiro atoms. The lowest BCUT2D eigenvalue weighted by molar-refractivity contribution is -0.121. The van der Waals surface area contributed by atoms with Gasteiger partial charge in [-0.05, 0) is 32.1 Å². The number of hydrogen-bond donors (Lipinski definition) is 1. The molecule has 0 saturated carbocycles. The molecule has 0 aliphatic rings. The van der Waals surface area contributed by atoms with E-state index in [1.54, 1.807) is 24.3 Å². The van der Waals surface area contributed by atoms with Crippen LogP contribution in [0.25, 0.3) is 0 Å². The average Bonchev–Trinajstić information content (AvgIpc) is 2.47. The highest BCUT2D eigenvalue weighted by Gasteiger charge is 2.26. The molecule has 1 rings (SSSR count). The zero-order valence-corrected chi connectivity index (χ0v) is 12.3. The molecule has 0 saturated heterocycles. The Kier molecular flexibility index (Phi) is 6.15. The van der Waals surface area contributed by atoms with Gasteiger partial charge in [0.1, 0.15) is 12.4 Å². The van der Waals surface area contributed by atoms with Gasteiger partial charge in [0.05, 0.1) is 6.07 Å². The number of hydrogen-bond acceptors (Lipinski definition) is 4. The topological polar surface area (TPSA) is 79.2 Å². The van der Waals surface area contributed by atoms with Crippen molar-refractivity contribution in [2.75, 3.05) is 13.7 Å². The predicted octanol–water partition coefficient (Wildman–Crippen LogP) is 2.10.